The second kappa shape index (κ2) is 6.62. The van der Waals surface area contributed by atoms with E-state index in [1.165, 1.54) is 6.20 Å². The zero-order valence-corrected chi connectivity index (χ0v) is 13.8. The van der Waals surface area contributed by atoms with Gasteiger partial charge in [-0.1, -0.05) is 27.2 Å². The summed E-state index contributed by atoms with van der Waals surface area (Å²) in [7, 11) is 0. The average molecular weight is 373 g/mol. The van der Waals surface area contributed by atoms with Gasteiger partial charge in [0, 0.05) is 22.4 Å². The van der Waals surface area contributed by atoms with E-state index in [1.807, 2.05) is 24.3 Å². The van der Waals surface area contributed by atoms with Gasteiger partial charge in [0.15, 0.2) is 5.82 Å². The minimum atomic E-state index is -0.240. The van der Waals surface area contributed by atoms with Gasteiger partial charge < -0.3 is 15.2 Å². The summed E-state index contributed by atoms with van der Waals surface area (Å²) in [6.45, 7) is 1.80. The van der Waals surface area contributed by atoms with Crippen molar-refractivity contribution in [1.29, 1.82) is 0 Å². The molecule has 7 heteroatoms. The second-order valence-corrected chi connectivity index (χ2v) is 5.79. The second-order valence-electron chi connectivity index (χ2n) is 4.87. The molecule has 0 atom stereocenters. The Bertz CT molecular complexity index is 847. The molecule has 0 aliphatic heterocycles. The molecule has 0 aliphatic rings. The standard InChI is InChI=1S/C16H13BrN4O2/c1-10-5-15(21-23-10)19-14-6-11(8-18-9-14)16(22)20-13-4-2-3-12(17)7-13/h2-9H,1H3,(H,19,21)(H,20,22). The summed E-state index contributed by atoms with van der Waals surface area (Å²) in [5, 5.41) is 9.70. The smallest absolute Gasteiger partial charge is 0.257 e. The first-order valence-corrected chi connectivity index (χ1v) is 7.62. The summed E-state index contributed by atoms with van der Waals surface area (Å²) in [5.74, 6) is 1.02. The highest BCUT2D eigenvalue weighted by Crippen LogP contribution is 2.19. The van der Waals surface area contributed by atoms with Crippen LogP contribution in [0.3, 0.4) is 0 Å². The van der Waals surface area contributed by atoms with Crippen LogP contribution in [-0.4, -0.2) is 16.0 Å². The molecule has 23 heavy (non-hydrogen) atoms. The zero-order chi connectivity index (χ0) is 16.2. The van der Waals surface area contributed by atoms with E-state index in [1.54, 1.807) is 25.3 Å². The summed E-state index contributed by atoms with van der Waals surface area (Å²) in [5.41, 5.74) is 1.80. The quantitative estimate of drug-likeness (QED) is 0.719. The number of aryl methyl sites for hydroxylation is 1. The number of nitrogens with one attached hydrogen (secondary N) is 2. The highest BCUT2D eigenvalue weighted by atomic mass is 79.9. The van der Waals surface area contributed by atoms with E-state index in [4.69, 9.17) is 4.52 Å². The molecule has 0 unspecified atom stereocenters. The summed E-state index contributed by atoms with van der Waals surface area (Å²) in [6.07, 6.45) is 3.12. The Morgan fingerprint density at radius 2 is 2.04 bits per heavy atom. The van der Waals surface area contributed by atoms with E-state index in [2.05, 4.69) is 36.7 Å². The van der Waals surface area contributed by atoms with E-state index in [-0.39, 0.29) is 5.91 Å². The Kier molecular flexibility index (Phi) is 4.38. The number of aromatic nitrogens is 2. The molecule has 0 fully saturated rings. The number of pyridine rings is 1. The first kappa shape index (κ1) is 15.2. The van der Waals surface area contributed by atoms with Gasteiger partial charge in [0.1, 0.15) is 5.76 Å². The van der Waals surface area contributed by atoms with Gasteiger partial charge in [0.05, 0.1) is 17.4 Å². The van der Waals surface area contributed by atoms with Gasteiger partial charge in [-0.25, -0.2) is 0 Å². The molecule has 6 nitrogen and oxygen atoms in total. The number of benzene rings is 1. The fourth-order valence-corrected chi connectivity index (χ4v) is 2.37. The van der Waals surface area contributed by atoms with Crippen LogP contribution in [0, 0.1) is 6.92 Å². The SMILES string of the molecule is Cc1cc(Nc2cncc(C(=O)Nc3cccc(Br)c3)c2)no1. The summed E-state index contributed by atoms with van der Waals surface area (Å²) >= 11 is 3.37. The molecule has 116 valence electrons. The molecule has 2 N–H and O–H groups in total. The number of nitrogens with zero attached hydrogens (tertiary/aromatic N) is 2. The van der Waals surface area contributed by atoms with E-state index in [9.17, 15) is 4.79 Å². The maximum absolute atomic E-state index is 12.3. The van der Waals surface area contributed by atoms with E-state index >= 15 is 0 Å². The molecule has 1 amide bonds. The van der Waals surface area contributed by atoms with Gasteiger partial charge in [0.25, 0.3) is 5.91 Å². The van der Waals surface area contributed by atoms with Crippen LogP contribution in [0.2, 0.25) is 0 Å². The number of amides is 1. The van der Waals surface area contributed by atoms with Crippen molar-refractivity contribution >= 4 is 39.0 Å². The predicted octanol–water partition coefficient (Wildman–Crippen LogP) is 4.14. The fraction of sp³-hybridized carbons (Fsp3) is 0.0625. The van der Waals surface area contributed by atoms with Crippen LogP contribution >= 0.6 is 15.9 Å². The molecular weight excluding hydrogens is 360 g/mol. The number of halogens is 1. The van der Waals surface area contributed by atoms with Crippen LogP contribution in [0.5, 0.6) is 0 Å². The van der Waals surface area contributed by atoms with E-state index in [0.717, 1.165) is 4.47 Å². The Morgan fingerprint density at radius 1 is 1.17 bits per heavy atom. The Hall–Kier alpha value is -2.67. The van der Waals surface area contributed by atoms with Crippen molar-refractivity contribution in [1.82, 2.24) is 10.1 Å². The summed E-state index contributed by atoms with van der Waals surface area (Å²) in [4.78, 5) is 16.4. The monoisotopic (exact) mass is 372 g/mol. The van der Waals surface area contributed by atoms with Gasteiger partial charge in [0.2, 0.25) is 0 Å². The highest BCUT2D eigenvalue weighted by molar-refractivity contribution is 9.10. The van der Waals surface area contributed by atoms with Crippen molar-refractivity contribution in [2.45, 2.75) is 6.92 Å². The number of rotatable bonds is 4. The van der Waals surface area contributed by atoms with Crippen LogP contribution < -0.4 is 10.6 Å². The Morgan fingerprint density at radius 3 is 2.78 bits per heavy atom. The summed E-state index contributed by atoms with van der Waals surface area (Å²) < 4.78 is 5.88. The minimum Gasteiger partial charge on any atom is -0.360 e. The van der Waals surface area contributed by atoms with Crippen molar-refractivity contribution in [3.63, 3.8) is 0 Å². The molecule has 0 spiro atoms. The van der Waals surface area contributed by atoms with Gasteiger partial charge in [-0.2, -0.15) is 0 Å². The van der Waals surface area contributed by atoms with Crippen LogP contribution in [0.1, 0.15) is 16.1 Å². The van der Waals surface area contributed by atoms with Crippen molar-refractivity contribution in [3.05, 3.63) is 64.6 Å². The lowest BCUT2D eigenvalue weighted by molar-refractivity contribution is 0.102. The predicted molar refractivity (Wildman–Crippen MR) is 90.9 cm³/mol. The Balaban J connectivity index is 1.75. The molecule has 0 saturated carbocycles. The molecule has 0 radical (unpaired) electrons. The third-order valence-corrected chi connectivity index (χ3v) is 3.48. The fourth-order valence-electron chi connectivity index (χ4n) is 1.98. The molecular formula is C16H13BrN4O2. The largest absolute Gasteiger partial charge is 0.360 e. The van der Waals surface area contributed by atoms with E-state index in [0.29, 0.717) is 28.5 Å². The number of hydrogen-bond donors (Lipinski definition) is 2. The Labute approximate surface area is 141 Å². The van der Waals surface area contributed by atoms with Crippen molar-refractivity contribution in [2.24, 2.45) is 0 Å². The lowest BCUT2D eigenvalue weighted by Crippen LogP contribution is -2.12. The van der Waals surface area contributed by atoms with Gasteiger partial charge >= 0.3 is 0 Å². The normalized spacial score (nSPS) is 10.3. The topological polar surface area (TPSA) is 80.0 Å². The minimum absolute atomic E-state index is 0.240. The number of carbonyl (C=O) groups excluding carboxylic acids is 1. The first-order valence-electron chi connectivity index (χ1n) is 6.82. The van der Waals surface area contributed by atoms with Crippen LogP contribution in [0.15, 0.2) is 57.8 Å². The highest BCUT2D eigenvalue weighted by Gasteiger charge is 2.09. The van der Waals surface area contributed by atoms with Crippen LogP contribution in [0.25, 0.3) is 0 Å². The molecule has 2 aromatic heterocycles. The maximum Gasteiger partial charge on any atom is 0.257 e. The van der Waals surface area contributed by atoms with Crippen LogP contribution in [-0.2, 0) is 0 Å². The molecule has 2 heterocycles. The third kappa shape index (κ3) is 3.95. The van der Waals surface area contributed by atoms with E-state index < -0.39 is 0 Å². The van der Waals surface area contributed by atoms with Gasteiger partial charge in [-0.15, -0.1) is 0 Å². The first-order chi connectivity index (χ1) is 11.1. The third-order valence-electron chi connectivity index (χ3n) is 2.98. The lowest BCUT2D eigenvalue weighted by Gasteiger charge is -2.07. The molecule has 0 saturated heterocycles. The maximum atomic E-state index is 12.3. The van der Waals surface area contributed by atoms with Crippen molar-refractivity contribution < 1.29 is 9.32 Å². The molecule has 3 aromatic rings. The number of anilines is 3. The number of hydrogen-bond acceptors (Lipinski definition) is 5. The van der Waals surface area contributed by atoms with Gasteiger partial charge in [-0.3, -0.25) is 9.78 Å². The molecule has 0 bridgehead atoms. The summed E-state index contributed by atoms with van der Waals surface area (Å²) in [6, 6.07) is 10.8. The number of carbonyl (C=O) groups is 1. The molecule has 1 aromatic carbocycles. The lowest BCUT2D eigenvalue weighted by atomic mass is 10.2. The van der Waals surface area contributed by atoms with Crippen LogP contribution in [0.4, 0.5) is 17.2 Å². The molecule has 0 aliphatic carbocycles. The molecule has 3 rings (SSSR count). The average Bonchev–Trinajstić information content (AvgIpc) is 2.92. The van der Waals surface area contributed by atoms with Gasteiger partial charge in [-0.05, 0) is 31.2 Å². The van der Waals surface area contributed by atoms with Crippen molar-refractivity contribution in [3.8, 4) is 0 Å². The van der Waals surface area contributed by atoms with Crippen molar-refractivity contribution in [2.75, 3.05) is 10.6 Å². The zero-order valence-electron chi connectivity index (χ0n) is 12.2.